The molecule has 2 aromatic rings. The molecule has 0 unspecified atom stereocenters. The van der Waals surface area contributed by atoms with Crippen LogP contribution in [-0.4, -0.2) is 11.1 Å². The van der Waals surface area contributed by atoms with Gasteiger partial charge in [-0.2, -0.15) is 0 Å². The zero-order valence-corrected chi connectivity index (χ0v) is 12.1. The van der Waals surface area contributed by atoms with Crippen LogP contribution in [0.4, 0.5) is 0 Å². The van der Waals surface area contributed by atoms with Crippen molar-refractivity contribution in [1.29, 1.82) is 0 Å². The number of benzene rings is 2. The summed E-state index contributed by atoms with van der Waals surface area (Å²) in [5.41, 5.74) is 3.91. The zero-order chi connectivity index (χ0) is 14.8. The minimum Gasteiger partial charge on any atom is -0.478 e. The number of aryl methyl sites for hydroxylation is 3. The largest absolute Gasteiger partial charge is 0.478 e. The van der Waals surface area contributed by atoms with E-state index in [1.54, 1.807) is 18.2 Å². The van der Waals surface area contributed by atoms with Crippen LogP contribution in [0.3, 0.4) is 0 Å². The molecular formula is C18H18O3. The van der Waals surface area contributed by atoms with Crippen molar-refractivity contribution in [3.63, 3.8) is 0 Å². The molecule has 1 aliphatic rings. The second-order valence-electron chi connectivity index (χ2n) is 5.53. The van der Waals surface area contributed by atoms with Crippen LogP contribution in [0.15, 0.2) is 36.4 Å². The highest BCUT2D eigenvalue weighted by Gasteiger charge is 2.11. The molecule has 0 fully saturated rings. The van der Waals surface area contributed by atoms with Crippen LogP contribution < -0.4 is 4.74 Å². The maximum atomic E-state index is 10.9. The zero-order valence-electron chi connectivity index (χ0n) is 12.1. The standard InChI is InChI=1S/C18H18O3/c1-12-10-15(18(19)20)7-9-17(12)21-16-8-6-13-4-2-3-5-14(13)11-16/h6-11H,2-5H2,1H3,(H,19,20). The fraction of sp³-hybridized carbons (Fsp3) is 0.278. The third-order valence-corrected chi connectivity index (χ3v) is 3.97. The number of hydrogen-bond acceptors (Lipinski definition) is 2. The molecule has 3 nitrogen and oxygen atoms in total. The summed E-state index contributed by atoms with van der Waals surface area (Å²) >= 11 is 0. The molecule has 108 valence electrons. The lowest BCUT2D eigenvalue weighted by Gasteiger charge is -2.17. The fourth-order valence-electron chi connectivity index (χ4n) is 2.80. The van der Waals surface area contributed by atoms with Crippen LogP contribution in [-0.2, 0) is 12.8 Å². The maximum Gasteiger partial charge on any atom is 0.335 e. The average Bonchev–Trinajstić information content (AvgIpc) is 2.49. The van der Waals surface area contributed by atoms with Crippen LogP contribution in [0.25, 0.3) is 0 Å². The summed E-state index contributed by atoms with van der Waals surface area (Å²) in [6, 6.07) is 11.2. The van der Waals surface area contributed by atoms with Gasteiger partial charge in [-0.3, -0.25) is 0 Å². The highest BCUT2D eigenvalue weighted by atomic mass is 16.5. The van der Waals surface area contributed by atoms with E-state index >= 15 is 0 Å². The third kappa shape index (κ3) is 2.92. The molecule has 0 aliphatic heterocycles. The lowest BCUT2D eigenvalue weighted by molar-refractivity contribution is 0.0697. The Hall–Kier alpha value is -2.29. The van der Waals surface area contributed by atoms with Crippen LogP contribution in [0, 0.1) is 6.92 Å². The van der Waals surface area contributed by atoms with Crippen molar-refractivity contribution in [2.45, 2.75) is 32.6 Å². The lowest BCUT2D eigenvalue weighted by Crippen LogP contribution is -2.02. The molecule has 0 amide bonds. The van der Waals surface area contributed by atoms with E-state index < -0.39 is 5.97 Å². The summed E-state index contributed by atoms with van der Waals surface area (Å²) < 4.78 is 5.92. The molecule has 0 saturated heterocycles. The molecule has 0 bridgehead atoms. The van der Waals surface area contributed by atoms with Gasteiger partial charge in [-0.1, -0.05) is 6.07 Å². The number of rotatable bonds is 3. The van der Waals surface area contributed by atoms with Gasteiger partial charge < -0.3 is 9.84 Å². The minimum absolute atomic E-state index is 0.283. The van der Waals surface area contributed by atoms with Gasteiger partial charge in [-0.05, 0) is 79.6 Å². The second-order valence-corrected chi connectivity index (χ2v) is 5.53. The van der Waals surface area contributed by atoms with Crippen molar-refractivity contribution in [3.05, 3.63) is 58.7 Å². The molecule has 1 aliphatic carbocycles. The SMILES string of the molecule is Cc1cc(C(=O)O)ccc1Oc1ccc2c(c1)CCCC2. The normalized spacial score (nSPS) is 13.6. The predicted molar refractivity (Wildman–Crippen MR) is 81.3 cm³/mol. The summed E-state index contributed by atoms with van der Waals surface area (Å²) in [6.45, 7) is 1.86. The first-order valence-corrected chi connectivity index (χ1v) is 7.27. The lowest BCUT2D eigenvalue weighted by atomic mass is 9.92. The van der Waals surface area contributed by atoms with Crippen molar-refractivity contribution in [1.82, 2.24) is 0 Å². The first-order valence-electron chi connectivity index (χ1n) is 7.27. The van der Waals surface area contributed by atoms with Gasteiger partial charge in [-0.15, -0.1) is 0 Å². The van der Waals surface area contributed by atoms with Gasteiger partial charge in [0.2, 0.25) is 0 Å². The van der Waals surface area contributed by atoms with E-state index in [2.05, 4.69) is 12.1 Å². The van der Waals surface area contributed by atoms with E-state index in [-0.39, 0.29) is 5.56 Å². The third-order valence-electron chi connectivity index (χ3n) is 3.97. The fourth-order valence-corrected chi connectivity index (χ4v) is 2.80. The topological polar surface area (TPSA) is 46.5 Å². The molecule has 2 aromatic carbocycles. The quantitative estimate of drug-likeness (QED) is 0.909. The summed E-state index contributed by atoms with van der Waals surface area (Å²) in [7, 11) is 0. The number of fused-ring (bicyclic) bond motifs is 1. The first kappa shape index (κ1) is 13.7. The minimum atomic E-state index is -0.918. The van der Waals surface area contributed by atoms with Gasteiger partial charge in [-0.25, -0.2) is 4.79 Å². The Bertz CT molecular complexity index is 689. The number of carbonyl (C=O) groups is 1. The summed E-state index contributed by atoms with van der Waals surface area (Å²) in [4.78, 5) is 10.9. The van der Waals surface area contributed by atoms with Gasteiger partial charge in [0.25, 0.3) is 0 Å². The Morgan fingerprint density at radius 2 is 1.81 bits per heavy atom. The van der Waals surface area contributed by atoms with E-state index in [0.29, 0.717) is 5.75 Å². The Balaban J connectivity index is 1.85. The van der Waals surface area contributed by atoms with Crippen molar-refractivity contribution >= 4 is 5.97 Å². The van der Waals surface area contributed by atoms with E-state index in [4.69, 9.17) is 9.84 Å². The summed E-state index contributed by atoms with van der Waals surface area (Å²) in [5, 5.41) is 8.98. The first-order chi connectivity index (χ1) is 10.1. The number of aromatic carboxylic acids is 1. The Kier molecular flexibility index (Phi) is 3.65. The number of carboxylic acids is 1. The molecule has 0 radical (unpaired) electrons. The van der Waals surface area contributed by atoms with Crippen molar-refractivity contribution in [3.8, 4) is 11.5 Å². The summed E-state index contributed by atoms with van der Waals surface area (Å²) in [5.74, 6) is 0.607. The van der Waals surface area contributed by atoms with Crippen LogP contribution in [0.5, 0.6) is 11.5 Å². The molecular weight excluding hydrogens is 264 g/mol. The molecule has 0 atom stereocenters. The van der Waals surface area contributed by atoms with E-state index in [0.717, 1.165) is 24.2 Å². The smallest absolute Gasteiger partial charge is 0.335 e. The molecule has 0 aromatic heterocycles. The number of hydrogen-bond donors (Lipinski definition) is 1. The van der Waals surface area contributed by atoms with Crippen LogP contribution in [0.2, 0.25) is 0 Å². The molecule has 3 heteroatoms. The Labute approximate surface area is 124 Å². The van der Waals surface area contributed by atoms with Gasteiger partial charge in [0.1, 0.15) is 11.5 Å². The molecule has 0 spiro atoms. The monoisotopic (exact) mass is 282 g/mol. The average molecular weight is 282 g/mol. The predicted octanol–water partition coefficient (Wildman–Crippen LogP) is 4.36. The van der Waals surface area contributed by atoms with Crippen molar-refractivity contribution in [2.75, 3.05) is 0 Å². The van der Waals surface area contributed by atoms with Gasteiger partial charge in [0.05, 0.1) is 5.56 Å². The molecule has 0 saturated carbocycles. The van der Waals surface area contributed by atoms with Crippen LogP contribution >= 0.6 is 0 Å². The Morgan fingerprint density at radius 1 is 1.05 bits per heavy atom. The van der Waals surface area contributed by atoms with Crippen molar-refractivity contribution in [2.24, 2.45) is 0 Å². The second kappa shape index (κ2) is 5.60. The van der Waals surface area contributed by atoms with Crippen molar-refractivity contribution < 1.29 is 14.6 Å². The van der Waals surface area contributed by atoms with Gasteiger partial charge in [0, 0.05) is 0 Å². The molecule has 21 heavy (non-hydrogen) atoms. The molecule has 1 N–H and O–H groups in total. The number of ether oxygens (including phenoxy) is 1. The van der Waals surface area contributed by atoms with Gasteiger partial charge in [0.15, 0.2) is 0 Å². The Morgan fingerprint density at radius 3 is 2.52 bits per heavy atom. The van der Waals surface area contributed by atoms with E-state index in [1.165, 1.54) is 24.0 Å². The molecule has 0 heterocycles. The highest BCUT2D eigenvalue weighted by molar-refractivity contribution is 5.88. The maximum absolute atomic E-state index is 10.9. The van der Waals surface area contributed by atoms with Gasteiger partial charge >= 0.3 is 5.97 Å². The number of carboxylic acid groups (broad SMARTS) is 1. The van der Waals surface area contributed by atoms with E-state index in [1.807, 2.05) is 13.0 Å². The summed E-state index contributed by atoms with van der Waals surface area (Å²) in [6.07, 6.45) is 4.77. The highest BCUT2D eigenvalue weighted by Crippen LogP contribution is 2.30. The van der Waals surface area contributed by atoms with Crippen LogP contribution in [0.1, 0.15) is 39.9 Å². The van der Waals surface area contributed by atoms with E-state index in [9.17, 15) is 4.79 Å². The molecule has 3 rings (SSSR count).